The fourth-order valence-corrected chi connectivity index (χ4v) is 4.39. The minimum absolute atomic E-state index is 0.116. The summed E-state index contributed by atoms with van der Waals surface area (Å²) in [5, 5.41) is 4.77. The van der Waals surface area contributed by atoms with E-state index in [1.807, 2.05) is 19.2 Å². The van der Waals surface area contributed by atoms with E-state index >= 15 is 0 Å². The molecular formula is C23H25ClFN5O. The van der Waals surface area contributed by atoms with Crippen LogP contribution in [0.4, 0.5) is 10.1 Å². The van der Waals surface area contributed by atoms with Gasteiger partial charge in [0, 0.05) is 44.3 Å². The molecule has 0 unspecified atom stereocenters. The van der Waals surface area contributed by atoms with Crippen LogP contribution in [0.25, 0.3) is 0 Å². The Labute approximate surface area is 186 Å². The zero-order valence-electron chi connectivity index (χ0n) is 17.6. The van der Waals surface area contributed by atoms with E-state index in [1.165, 1.54) is 12.1 Å². The van der Waals surface area contributed by atoms with Crippen molar-refractivity contribution in [3.05, 3.63) is 76.6 Å². The summed E-state index contributed by atoms with van der Waals surface area (Å²) in [7, 11) is 1.84. The molecule has 1 saturated heterocycles. The maximum atomic E-state index is 13.3. The van der Waals surface area contributed by atoms with Crippen molar-refractivity contribution in [2.24, 2.45) is 0 Å². The van der Waals surface area contributed by atoms with E-state index in [2.05, 4.69) is 15.0 Å². The second-order valence-electron chi connectivity index (χ2n) is 7.88. The van der Waals surface area contributed by atoms with Crippen molar-refractivity contribution in [3.8, 4) is 0 Å². The molecule has 1 aliphatic heterocycles. The number of halogens is 2. The van der Waals surface area contributed by atoms with Crippen LogP contribution < -0.4 is 4.90 Å². The van der Waals surface area contributed by atoms with Crippen molar-refractivity contribution < 1.29 is 9.18 Å². The van der Waals surface area contributed by atoms with Crippen LogP contribution >= 0.6 is 11.6 Å². The summed E-state index contributed by atoms with van der Waals surface area (Å²) in [6, 6.07) is 10.3. The first-order valence-electron chi connectivity index (χ1n) is 10.3. The van der Waals surface area contributed by atoms with Crippen LogP contribution in [0.1, 0.15) is 34.5 Å². The molecule has 0 atom stereocenters. The number of carbonyl (C=O) groups is 1. The molecule has 0 bridgehead atoms. The lowest BCUT2D eigenvalue weighted by Crippen LogP contribution is -2.45. The van der Waals surface area contributed by atoms with Gasteiger partial charge in [0.25, 0.3) is 5.91 Å². The lowest BCUT2D eigenvalue weighted by Gasteiger charge is -2.37. The van der Waals surface area contributed by atoms with Gasteiger partial charge in [-0.2, -0.15) is 5.10 Å². The third-order valence-electron chi connectivity index (χ3n) is 5.89. The third kappa shape index (κ3) is 4.56. The number of piperidine rings is 1. The Morgan fingerprint density at radius 1 is 1.16 bits per heavy atom. The summed E-state index contributed by atoms with van der Waals surface area (Å²) in [5.74, 6) is -0.408. The number of benzene rings is 1. The molecule has 6 nitrogen and oxygen atoms in total. The van der Waals surface area contributed by atoms with Gasteiger partial charge >= 0.3 is 0 Å². The molecule has 0 radical (unpaired) electrons. The largest absolute Gasteiger partial charge is 0.371 e. The second-order valence-corrected chi connectivity index (χ2v) is 8.23. The maximum Gasteiger partial charge on any atom is 0.258 e. The third-order valence-corrected chi connectivity index (χ3v) is 6.27. The smallest absolute Gasteiger partial charge is 0.258 e. The van der Waals surface area contributed by atoms with Gasteiger partial charge < -0.3 is 9.80 Å². The van der Waals surface area contributed by atoms with Gasteiger partial charge in [-0.1, -0.05) is 23.7 Å². The van der Waals surface area contributed by atoms with Crippen molar-refractivity contribution in [1.29, 1.82) is 0 Å². The Bertz CT molecular complexity index is 1050. The van der Waals surface area contributed by atoms with Crippen LogP contribution in [0.2, 0.25) is 5.15 Å². The lowest BCUT2D eigenvalue weighted by atomic mass is 10.0. The van der Waals surface area contributed by atoms with Crippen molar-refractivity contribution in [1.82, 2.24) is 19.7 Å². The van der Waals surface area contributed by atoms with Gasteiger partial charge in [0.05, 0.1) is 17.8 Å². The van der Waals surface area contributed by atoms with E-state index in [0.717, 1.165) is 37.2 Å². The fourth-order valence-electron chi connectivity index (χ4n) is 4.07. The molecule has 1 aliphatic rings. The standard InChI is InChI=1S/C23H25ClFN5O/c1-16-21(22(24)30(27-16)15-17-3-5-18(25)6-4-17)23(31)28(2)19-9-13-29(14-10-19)20-7-11-26-12-8-20/h3-8,11-12,19H,9-10,13-15H2,1-2H3. The highest BCUT2D eigenvalue weighted by Gasteiger charge is 2.30. The molecule has 0 N–H and O–H groups in total. The number of hydrogen-bond donors (Lipinski definition) is 0. The molecular weight excluding hydrogens is 417 g/mol. The zero-order chi connectivity index (χ0) is 22.0. The van der Waals surface area contributed by atoms with E-state index < -0.39 is 0 Å². The molecule has 0 spiro atoms. The SMILES string of the molecule is Cc1nn(Cc2ccc(F)cc2)c(Cl)c1C(=O)N(C)C1CCN(c2ccncc2)CC1. The normalized spacial score (nSPS) is 14.6. The van der Waals surface area contributed by atoms with Crippen LogP contribution in [0.15, 0.2) is 48.8 Å². The number of carbonyl (C=O) groups excluding carboxylic acids is 1. The lowest BCUT2D eigenvalue weighted by molar-refractivity contribution is 0.0708. The highest BCUT2D eigenvalue weighted by molar-refractivity contribution is 6.33. The van der Waals surface area contributed by atoms with E-state index in [1.54, 1.807) is 41.0 Å². The van der Waals surface area contributed by atoms with Crippen molar-refractivity contribution in [3.63, 3.8) is 0 Å². The first-order valence-corrected chi connectivity index (χ1v) is 10.7. The average molecular weight is 442 g/mol. The highest BCUT2D eigenvalue weighted by atomic mass is 35.5. The number of amides is 1. The van der Waals surface area contributed by atoms with Crippen LogP contribution in [0, 0.1) is 12.7 Å². The van der Waals surface area contributed by atoms with Crippen LogP contribution in [-0.4, -0.2) is 51.8 Å². The number of anilines is 1. The number of rotatable bonds is 5. The van der Waals surface area contributed by atoms with Crippen molar-refractivity contribution in [2.45, 2.75) is 32.4 Å². The summed E-state index contributed by atoms with van der Waals surface area (Å²) >= 11 is 6.56. The Balaban J connectivity index is 1.44. The zero-order valence-corrected chi connectivity index (χ0v) is 18.4. The number of pyridine rings is 1. The monoisotopic (exact) mass is 441 g/mol. The molecule has 1 fully saturated rings. The van der Waals surface area contributed by atoms with E-state index in [4.69, 9.17) is 11.6 Å². The molecule has 1 amide bonds. The molecule has 0 aliphatic carbocycles. The van der Waals surface area contributed by atoms with Crippen molar-refractivity contribution >= 4 is 23.2 Å². The van der Waals surface area contributed by atoms with Gasteiger partial charge in [-0.05, 0) is 49.6 Å². The second kappa shape index (κ2) is 9.06. The molecule has 3 heterocycles. The first-order chi connectivity index (χ1) is 14.9. The molecule has 0 saturated carbocycles. The van der Waals surface area contributed by atoms with Gasteiger partial charge in [-0.3, -0.25) is 9.78 Å². The molecule has 31 heavy (non-hydrogen) atoms. The van der Waals surface area contributed by atoms with Crippen molar-refractivity contribution in [2.75, 3.05) is 25.0 Å². The average Bonchev–Trinajstić information content (AvgIpc) is 3.07. The molecule has 8 heteroatoms. The Hall–Kier alpha value is -2.93. The predicted molar refractivity (Wildman–Crippen MR) is 119 cm³/mol. The summed E-state index contributed by atoms with van der Waals surface area (Å²) in [4.78, 5) is 21.4. The number of nitrogens with zero attached hydrogens (tertiary/aromatic N) is 5. The summed E-state index contributed by atoms with van der Waals surface area (Å²) in [6.45, 7) is 3.92. The predicted octanol–water partition coefficient (Wildman–Crippen LogP) is 4.17. The van der Waals surface area contributed by atoms with E-state index in [9.17, 15) is 9.18 Å². The molecule has 1 aromatic carbocycles. The number of aromatic nitrogens is 3. The van der Waals surface area contributed by atoms with E-state index in [-0.39, 0.29) is 17.8 Å². The highest BCUT2D eigenvalue weighted by Crippen LogP contribution is 2.26. The summed E-state index contributed by atoms with van der Waals surface area (Å²) < 4.78 is 14.8. The van der Waals surface area contributed by atoms with Gasteiger partial charge in [-0.15, -0.1) is 0 Å². The van der Waals surface area contributed by atoms with Gasteiger partial charge in [-0.25, -0.2) is 9.07 Å². The summed E-state index contributed by atoms with van der Waals surface area (Å²) in [6.07, 6.45) is 5.35. The molecule has 4 rings (SSSR count). The summed E-state index contributed by atoms with van der Waals surface area (Å²) in [5.41, 5.74) is 3.05. The van der Waals surface area contributed by atoms with Gasteiger partial charge in [0.15, 0.2) is 0 Å². The Morgan fingerprint density at radius 3 is 2.45 bits per heavy atom. The van der Waals surface area contributed by atoms with Gasteiger partial charge in [0.2, 0.25) is 0 Å². The number of aryl methyl sites for hydroxylation is 1. The molecule has 3 aromatic rings. The minimum atomic E-state index is -0.293. The molecule has 2 aromatic heterocycles. The van der Waals surface area contributed by atoms with Crippen LogP contribution in [0.3, 0.4) is 0 Å². The first kappa shape index (κ1) is 21.3. The van der Waals surface area contributed by atoms with E-state index in [0.29, 0.717) is 23.0 Å². The number of hydrogen-bond acceptors (Lipinski definition) is 4. The quantitative estimate of drug-likeness (QED) is 0.596. The Morgan fingerprint density at radius 2 is 1.81 bits per heavy atom. The fraction of sp³-hybridized carbons (Fsp3) is 0.348. The van der Waals surface area contributed by atoms with Crippen LogP contribution in [0.5, 0.6) is 0 Å². The van der Waals surface area contributed by atoms with Crippen LogP contribution in [-0.2, 0) is 6.54 Å². The maximum absolute atomic E-state index is 13.3. The molecule has 162 valence electrons. The Kier molecular flexibility index (Phi) is 6.23. The topological polar surface area (TPSA) is 54.3 Å². The van der Waals surface area contributed by atoms with Gasteiger partial charge in [0.1, 0.15) is 11.0 Å². The minimum Gasteiger partial charge on any atom is -0.371 e.